The summed E-state index contributed by atoms with van der Waals surface area (Å²) in [4.78, 5) is 19.7. The van der Waals surface area contributed by atoms with Gasteiger partial charge in [-0.05, 0) is 37.5 Å². The Hall–Kier alpha value is -3.28. The van der Waals surface area contributed by atoms with Gasteiger partial charge in [-0.15, -0.1) is 0 Å². The molecule has 1 aromatic heterocycles. The third kappa shape index (κ3) is 4.03. The summed E-state index contributed by atoms with van der Waals surface area (Å²) in [6.45, 7) is 0.672. The molecule has 0 N–H and O–H groups in total. The van der Waals surface area contributed by atoms with Crippen LogP contribution in [-0.4, -0.2) is 36.6 Å². The lowest BCUT2D eigenvalue weighted by Gasteiger charge is -2.34. The number of carbonyl (C=O) groups is 1. The third-order valence-electron chi connectivity index (χ3n) is 5.51. The Morgan fingerprint density at radius 3 is 2.60 bits per heavy atom. The molecule has 2 heterocycles. The summed E-state index contributed by atoms with van der Waals surface area (Å²) in [5.74, 6) is 2.69. The van der Waals surface area contributed by atoms with E-state index < -0.39 is 0 Å². The van der Waals surface area contributed by atoms with Crippen LogP contribution in [-0.2, 0) is 6.42 Å². The van der Waals surface area contributed by atoms with E-state index in [1.807, 2.05) is 47.4 Å². The molecule has 2 aromatic carbocycles. The van der Waals surface area contributed by atoms with Crippen LogP contribution in [0.5, 0.6) is 11.5 Å². The van der Waals surface area contributed by atoms with Gasteiger partial charge >= 0.3 is 0 Å². The largest absolute Gasteiger partial charge is 0.496 e. The van der Waals surface area contributed by atoms with Crippen LogP contribution in [0.25, 0.3) is 0 Å². The van der Waals surface area contributed by atoms with E-state index in [1.165, 1.54) is 0 Å². The third-order valence-corrected chi connectivity index (χ3v) is 5.51. The second-order valence-corrected chi connectivity index (χ2v) is 7.36. The number of carbonyl (C=O) groups excluding carboxylic acids is 1. The van der Waals surface area contributed by atoms with E-state index in [2.05, 4.69) is 4.98 Å². The van der Waals surface area contributed by atoms with Crippen LogP contribution >= 0.6 is 0 Å². The molecule has 1 saturated heterocycles. The molecule has 0 unspecified atom stereocenters. The smallest absolute Gasteiger partial charge is 0.258 e. The van der Waals surface area contributed by atoms with Crippen LogP contribution in [0.4, 0.5) is 0 Å². The van der Waals surface area contributed by atoms with Crippen molar-refractivity contribution in [3.8, 4) is 11.5 Å². The zero-order chi connectivity index (χ0) is 20.9. The van der Waals surface area contributed by atoms with Crippen molar-refractivity contribution in [1.82, 2.24) is 9.88 Å². The number of nitrogens with zero attached hydrogens (tertiary/aromatic N) is 2. The zero-order valence-electron chi connectivity index (χ0n) is 17.3. The average Bonchev–Trinajstić information content (AvgIpc) is 3.27. The molecule has 30 heavy (non-hydrogen) atoms. The van der Waals surface area contributed by atoms with E-state index in [0.717, 1.165) is 36.3 Å². The van der Waals surface area contributed by atoms with Crippen molar-refractivity contribution in [3.63, 3.8) is 0 Å². The number of hydrogen-bond donors (Lipinski definition) is 0. The van der Waals surface area contributed by atoms with E-state index >= 15 is 0 Å². The molecule has 156 valence electrons. The number of para-hydroxylation sites is 2. The minimum Gasteiger partial charge on any atom is -0.496 e. The Morgan fingerprint density at radius 1 is 1.07 bits per heavy atom. The Bertz CT molecular complexity index is 1010. The summed E-state index contributed by atoms with van der Waals surface area (Å²) in [5, 5.41) is 0. The molecular weight excluding hydrogens is 380 g/mol. The molecule has 0 aliphatic carbocycles. The topological polar surface area (TPSA) is 64.8 Å². The summed E-state index contributed by atoms with van der Waals surface area (Å²) in [7, 11) is 3.24. The zero-order valence-corrected chi connectivity index (χ0v) is 17.3. The van der Waals surface area contributed by atoms with E-state index in [4.69, 9.17) is 13.9 Å². The molecule has 4 rings (SSSR count). The van der Waals surface area contributed by atoms with Gasteiger partial charge in [0.2, 0.25) is 5.89 Å². The summed E-state index contributed by atoms with van der Waals surface area (Å²) in [6, 6.07) is 15.0. The van der Waals surface area contributed by atoms with Crippen LogP contribution in [0.1, 0.15) is 52.9 Å². The molecule has 0 bridgehead atoms. The molecule has 0 saturated carbocycles. The average molecular weight is 406 g/mol. The number of amides is 1. The standard InChI is InChI=1S/C24H26N2O4/c1-28-21-12-5-3-9-17(21)15-18-16-25-23(30-18)20-11-7-8-14-26(20)24(27)19-10-4-6-13-22(19)29-2/h3-6,9-10,12-13,16,20H,7-8,11,14-15H2,1-2H3/t20-/m0/s1. The van der Waals surface area contributed by atoms with Crippen molar-refractivity contribution in [3.05, 3.63) is 77.5 Å². The highest BCUT2D eigenvalue weighted by atomic mass is 16.5. The van der Waals surface area contributed by atoms with Crippen LogP contribution in [0, 0.1) is 0 Å². The molecule has 0 spiro atoms. The number of likely N-dealkylation sites (tertiary alicyclic amines) is 1. The van der Waals surface area contributed by atoms with Crippen molar-refractivity contribution in [2.75, 3.05) is 20.8 Å². The Morgan fingerprint density at radius 2 is 1.80 bits per heavy atom. The Labute approximate surface area is 176 Å². The van der Waals surface area contributed by atoms with Gasteiger partial charge in [-0.2, -0.15) is 0 Å². The molecule has 6 nitrogen and oxygen atoms in total. The second kappa shape index (κ2) is 9.03. The first-order valence-electron chi connectivity index (χ1n) is 10.2. The maximum Gasteiger partial charge on any atom is 0.258 e. The molecule has 3 aromatic rings. The predicted molar refractivity (Wildman–Crippen MR) is 113 cm³/mol. The van der Waals surface area contributed by atoms with E-state index in [0.29, 0.717) is 30.2 Å². The maximum atomic E-state index is 13.3. The maximum absolute atomic E-state index is 13.3. The lowest BCUT2D eigenvalue weighted by Crippen LogP contribution is -2.38. The van der Waals surface area contributed by atoms with E-state index in [9.17, 15) is 4.79 Å². The summed E-state index contributed by atoms with van der Waals surface area (Å²) >= 11 is 0. The number of hydrogen-bond acceptors (Lipinski definition) is 5. The fourth-order valence-electron chi connectivity index (χ4n) is 4.00. The van der Waals surface area contributed by atoms with Gasteiger partial charge in [-0.1, -0.05) is 30.3 Å². The first-order valence-corrected chi connectivity index (χ1v) is 10.2. The predicted octanol–water partition coefficient (Wildman–Crippen LogP) is 4.65. The van der Waals surface area contributed by atoms with Gasteiger partial charge in [0.1, 0.15) is 23.3 Å². The first-order chi connectivity index (χ1) is 14.7. The Balaban J connectivity index is 1.57. The number of methoxy groups -OCH3 is 2. The van der Waals surface area contributed by atoms with Crippen LogP contribution < -0.4 is 9.47 Å². The molecule has 6 heteroatoms. The minimum absolute atomic E-state index is 0.0540. The number of aromatic nitrogens is 1. The minimum atomic E-state index is -0.178. The van der Waals surface area contributed by atoms with Crippen molar-refractivity contribution in [2.24, 2.45) is 0 Å². The number of piperidine rings is 1. The molecule has 1 aliphatic rings. The molecule has 1 amide bonds. The SMILES string of the molecule is COc1ccccc1Cc1cnc([C@@H]2CCCCN2C(=O)c2ccccc2OC)o1. The summed E-state index contributed by atoms with van der Waals surface area (Å²) in [6.07, 6.45) is 5.17. The number of rotatable bonds is 6. The lowest BCUT2D eigenvalue weighted by molar-refractivity contribution is 0.0566. The molecule has 0 radical (unpaired) electrons. The first kappa shape index (κ1) is 20.0. The van der Waals surface area contributed by atoms with Crippen LogP contribution in [0.3, 0.4) is 0 Å². The molecule has 1 fully saturated rings. The summed E-state index contributed by atoms with van der Waals surface area (Å²) < 4.78 is 16.9. The van der Waals surface area contributed by atoms with Gasteiger partial charge in [0, 0.05) is 18.5 Å². The number of benzene rings is 2. The molecule has 1 aliphatic heterocycles. The monoisotopic (exact) mass is 406 g/mol. The fourth-order valence-corrected chi connectivity index (χ4v) is 4.00. The van der Waals surface area contributed by atoms with Crippen molar-refractivity contribution < 1.29 is 18.7 Å². The highest BCUT2D eigenvalue weighted by Gasteiger charge is 2.33. The fraction of sp³-hybridized carbons (Fsp3) is 0.333. The molecular formula is C24H26N2O4. The van der Waals surface area contributed by atoms with Crippen molar-refractivity contribution in [2.45, 2.75) is 31.7 Å². The highest BCUT2D eigenvalue weighted by Crippen LogP contribution is 2.34. The Kier molecular flexibility index (Phi) is 6.02. The summed E-state index contributed by atoms with van der Waals surface area (Å²) in [5.41, 5.74) is 1.60. The van der Waals surface area contributed by atoms with Crippen molar-refractivity contribution >= 4 is 5.91 Å². The normalized spacial score (nSPS) is 16.3. The lowest BCUT2D eigenvalue weighted by atomic mass is 10.0. The molecule has 1 atom stereocenters. The highest BCUT2D eigenvalue weighted by molar-refractivity contribution is 5.97. The van der Waals surface area contributed by atoms with Gasteiger partial charge in [0.05, 0.1) is 26.0 Å². The van der Waals surface area contributed by atoms with Crippen LogP contribution in [0.15, 0.2) is 59.1 Å². The van der Waals surface area contributed by atoms with Gasteiger partial charge < -0.3 is 18.8 Å². The number of ether oxygens (including phenoxy) is 2. The van der Waals surface area contributed by atoms with E-state index in [1.54, 1.807) is 26.5 Å². The van der Waals surface area contributed by atoms with E-state index in [-0.39, 0.29) is 11.9 Å². The van der Waals surface area contributed by atoms with Gasteiger partial charge in [0.15, 0.2) is 0 Å². The van der Waals surface area contributed by atoms with Crippen molar-refractivity contribution in [1.29, 1.82) is 0 Å². The van der Waals surface area contributed by atoms with Crippen LogP contribution in [0.2, 0.25) is 0 Å². The van der Waals surface area contributed by atoms with Gasteiger partial charge in [-0.3, -0.25) is 4.79 Å². The van der Waals surface area contributed by atoms with Gasteiger partial charge in [-0.25, -0.2) is 4.98 Å². The quantitative estimate of drug-likeness (QED) is 0.596. The van der Waals surface area contributed by atoms with Gasteiger partial charge in [0.25, 0.3) is 5.91 Å². The second-order valence-electron chi connectivity index (χ2n) is 7.36. The number of oxazole rings is 1.